The fourth-order valence-electron chi connectivity index (χ4n) is 1.38. The van der Waals surface area contributed by atoms with E-state index in [1.807, 2.05) is 19.0 Å². The summed E-state index contributed by atoms with van der Waals surface area (Å²) in [7, 11) is 3.70. The van der Waals surface area contributed by atoms with Crippen LogP contribution in [0.5, 0.6) is 0 Å². The highest BCUT2D eigenvalue weighted by atomic mass is 19.1. The van der Waals surface area contributed by atoms with Gasteiger partial charge in [0.1, 0.15) is 5.82 Å². The molecule has 0 saturated heterocycles. The average molecular weight is 239 g/mol. The predicted molar refractivity (Wildman–Crippen MR) is 66.5 cm³/mol. The van der Waals surface area contributed by atoms with Crippen molar-refractivity contribution in [2.45, 2.75) is 0 Å². The molecule has 0 aromatic heterocycles. The SMILES string of the molecule is CNCCN(C)CC(=O)Nc1ccccc1F. The van der Waals surface area contributed by atoms with Crippen molar-refractivity contribution in [2.24, 2.45) is 0 Å². The Balaban J connectivity index is 2.42. The van der Waals surface area contributed by atoms with E-state index in [-0.39, 0.29) is 18.1 Å². The molecule has 0 aliphatic rings. The van der Waals surface area contributed by atoms with Crippen LogP contribution in [-0.2, 0) is 4.79 Å². The summed E-state index contributed by atoms with van der Waals surface area (Å²) in [5, 5.41) is 5.54. The summed E-state index contributed by atoms with van der Waals surface area (Å²) >= 11 is 0. The smallest absolute Gasteiger partial charge is 0.238 e. The number of halogens is 1. The number of likely N-dealkylation sites (N-methyl/N-ethyl adjacent to an activating group) is 2. The molecule has 1 aromatic rings. The summed E-state index contributed by atoms with van der Waals surface area (Å²) in [6, 6.07) is 6.13. The van der Waals surface area contributed by atoms with E-state index in [1.165, 1.54) is 6.07 Å². The van der Waals surface area contributed by atoms with Crippen molar-refractivity contribution < 1.29 is 9.18 Å². The van der Waals surface area contributed by atoms with Gasteiger partial charge in [-0.25, -0.2) is 4.39 Å². The highest BCUT2D eigenvalue weighted by Gasteiger charge is 2.08. The summed E-state index contributed by atoms with van der Waals surface area (Å²) in [4.78, 5) is 13.5. The Morgan fingerprint density at radius 3 is 2.76 bits per heavy atom. The molecular formula is C12H18FN3O. The van der Waals surface area contributed by atoms with Crippen LogP contribution in [-0.4, -0.2) is 44.5 Å². The van der Waals surface area contributed by atoms with Gasteiger partial charge >= 0.3 is 0 Å². The lowest BCUT2D eigenvalue weighted by Crippen LogP contribution is -2.34. The van der Waals surface area contributed by atoms with Gasteiger partial charge in [0.05, 0.1) is 12.2 Å². The van der Waals surface area contributed by atoms with E-state index in [0.717, 1.165) is 13.1 Å². The monoisotopic (exact) mass is 239 g/mol. The molecule has 1 amide bonds. The third kappa shape index (κ3) is 4.93. The molecule has 0 radical (unpaired) electrons. The molecule has 17 heavy (non-hydrogen) atoms. The van der Waals surface area contributed by atoms with E-state index in [2.05, 4.69) is 10.6 Å². The van der Waals surface area contributed by atoms with Crippen molar-refractivity contribution >= 4 is 11.6 Å². The molecule has 0 bridgehead atoms. The summed E-state index contributed by atoms with van der Waals surface area (Å²) in [5.41, 5.74) is 0.222. The van der Waals surface area contributed by atoms with Gasteiger partial charge in [-0.05, 0) is 26.2 Å². The van der Waals surface area contributed by atoms with Crippen LogP contribution in [0, 0.1) is 5.82 Å². The van der Waals surface area contributed by atoms with E-state index in [1.54, 1.807) is 18.2 Å². The molecule has 0 saturated carbocycles. The number of carbonyl (C=O) groups excluding carboxylic acids is 1. The molecule has 5 heteroatoms. The highest BCUT2D eigenvalue weighted by molar-refractivity contribution is 5.92. The minimum atomic E-state index is -0.418. The zero-order chi connectivity index (χ0) is 12.7. The van der Waals surface area contributed by atoms with Crippen LogP contribution in [0.4, 0.5) is 10.1 Å². The van der Waals surface area contributed by atoms with Crippen LogP contribution < -0.4 is 10.6 Å². The third-order valence-corrected chi connectivity index (χ3v) is 2.30. The van der Waals surface area contributed by atoms with Gasteiger partial charge in [-0.1, -0.05) is 12.1 Å². The summed E-state index contributed by atoms with van der Waals surface area (Å²) in [6.45, 7) is 1.82. The second kappa shape index (κ2) is 6.98. The van der Waals surface area contributed by atoms with Crippen molar-refractivity contribution in [3.05, 3.63) is 30.1 Å². The number of nitrogens with zero attached hydrogens (tertiary/aromatic N) is 1. The Bertz CT molecular complexity index is 371. The molecule has 1 rings (SSSR count). The maximum Gasteiger partial charge on any atom is 0.238 e. The number of anilines is 1. The first-order valence-corrected chi connectivity index (χ1v) is 5.51. The first kappa shape index (κ1) is 13.6. The fourth-order valence-corrected chi connectivity index (χ4v) is 1.38. The molecule has 0 unspecified atom stereocenters. The van der Waals surface area contributed by atoms with E-state index >= 15 is 0 Å². The largest absolute Gasteiger partial charge is 0.322 e. The lowest BCUT2D eigenvalue weighted by atomic mass is 10.3. The minimum Gasteiger partial charge on any atom is -0.322 e. The number of carbonyl (C=O) groups is 1. The Hall–Kier alpha value is -1.46. The van der Waals surface area contributed by atoms with Gasteiger partial charge < -0.3 is 10.6 Å². The van der Waals surface area contributed by atoms with Gasteiger partial charge in [-0.2, -0.15) is 0 Å². The van der Waals surface area contributed by atoms with Crippen LogP contribution in [0.1, 0.15) is 0 Å². The zero-order valence-electron chi connectivity index (χ0n) is 10.2. The predicted octanol–water partition coefficient (Wildman–Crippen LogP) is 0.915. The van der Waals surface area contributed by atoms with Crippen LogP contribution in [0.3, 0.4) is 0 Å². The van der Waals surface area contributed by atoms with Crippen LogP contribution in [0.2, 0.25) is 0 Å². The topological polar surface area (TPSA) is 44.4 Å². The Labute approximate surface area is 101 Å². The molecule has 2 N–H and O–H groups in total. The number of nitrogens with one attached hydrogen (secondary N) is 2. The quantitative estimate of drug-likeness (QED) is 0.775. The lowest BCUT2D eigenvalue weighted by molar-refractivity contribution is -0.117. The molecule has 0 heterocycles. The molecule has 0 aliphatic heterocycles. The minimum absolute atomic E-state index is 0.214. The number of hydrogen-bond donors (Lipinski definition) is 2. The zero-order valence-corrected chi connectivity index (χ0v) is 10.2. The first-order chi connectivity index (χ1) is 8.13. The van der Waals surface area contributed by atoms with Crippen molar-refractivity contribution in [3.63, 3.8) is 0 Å². The molecule has 4 nitrogen and oxygen atoms in total. The highest BCUT2D eigenvalue weighted by Crippen LogP contribution is 2.11. The normalized spacial score (nSPS) is 10.6. The summed E-state index contributed by atoms with van der Waals surface area (Å²) < 4.78 is 13.3. The number of para-hydroxylation sites is 1. The van der Waals surface area contributed by atoms with Gasteiger partial charge in [0.2, 0.25) is 5.91 Å². The first-order valence-electron chi connectivity index (χ1n) is 5.51. The Kier molecular flexibility index (Phi) is 5.59. The number of hydrogen-bond acceptors (Lipinski definition) is 3. The van der Waals surface area contributed by atoms with Gasteiger partial charge in [0.15, 0.2) is 0 Å². The van der Waals surface area contributed by atoms with E-state index < -0.39 is 5.82 Å². The molecule has 1 aromatic carbocycles. The van der Waals surface area contributed by atoms with Gasteiger partial charge in [0.25, 0.3) is 0 Å². The molecular weight excluding hydrogens is 221 g/mol. The van der Waals surface area contributed by atoms with Gasteiger partial charge in [0, 0.05) is 13.1 Å². The molecule has 0 spiro atoms. The Morgan fingerprint density at radius 1 is 1.41 bits per heavy atom. The number of amides is 1. The molecule has 94 valence electrons. The fraction of sp³-hybridized carbons (Fsp3) is 0.417. The standard InChI is InChI=1S/C12H18FN3O/c1-14-7-8-16(2)9-12(17)15-11-6-4-3-5-10(11)13/h3-6,14H,7-9H2,1-2H3,(H,15,17). The number of benzene rings is 1. The second-order valence-electron chi connectivity index (χ2n) is 3.87. The summed E-state index contributed by atoms with van der Waals surface area (Å²) in [5.74, 6) is -0.632. The Morgan fingerprint density at radius 2 is 2.12 bits per heavy atom. The van der Waals surface area contributed by atoms with E-state index in [9.17, 15) is 9.18 Å². The van der Waals surface area contributed by atoms with E-state index in [4.69, 9.17) is 0 Å². The van der Waals surface area contributed by atoms with Crippen LogP contribution in [0.25, 0.3) is 0 Å². The van der Waals surface area contributed by atoms with Crippen LogP contribution >= 0.6 is 0 Å². The summed E-state index contributed by atoms with van der Waals surface area (Å²) in [6.07, 6.45) is 0. The maximum absolute atomic E-state index is 13.3. The van der Waals surface area contributed by atoms with Crippen molar-refractivity contribution in [1.29, 1.82) is 0 Å². The van der Waals surface area contributed by atoms with Crippen LogP contribution in [0.15, 0.2) is 24.3 Å². The maximum atomic E-state index is 13.3. The van der Waals surface area contributed by atoms with Gasteiger partial charge in [-0.3, -0.25) is 9.69 Å². The van der Waals surface area contributed by atoms with Crippen molar-refractivity contribution in [2.75, 3.05) is 39.0 Å². The molecule has 0 aliphatic carbocycles. The van der Waals surface area contributed by atoms with Crippen molar-refractivity contribution in [1.82, 2.24) is 10.2 Å². The number of rotatable bonds is 6. The second-order valence-corrected chi connectivity index (χ2v) is 3.87. The van der Waals surface area contributed by atoms with E-state index in [0.29, 0.717) is 0 Å². The van der Waals surface area contributed by atoms with Crippen molar-refractivity contribution in [3.8, 4) is 0 Å². The molecule has 0 atom stereocenters. The average Bonchev–Trinajstić information content (AvgIpc) is 2.29. The lowest BCUT2D eigenvalue weighted by Gasteiger charge is -2.15. The van der Waals surface area contributed by atoms with Gasteiger partial charge in [-0.15, -0.1) is 0 Å². The molecule has 0 fully saturated rings. The third-order valence-electron chi connectivity index (χ3n) is 2.30.